The number of nitrogens with one attached hydrogen (secondary N) is 1. The number of hydrogen-bond donors (Lipinski definition) is 2. The van der Waals surface area contributed by atoms with Crippen LogP contribution in [0.1, 0.15) is 35.9 Å². The standard InChI is InChI=1S/C17H17FN2O/c18-14-6-1-2-7-15(14)20-16(17(19)21)13-5-3-4-12(10-13)11-8-9-11/h1-7,10-11,16,20H,8-9H2,(H2,19,21). The fourth-order valence-electron chi connectivity index (χ4n) is 2.46. The second kappa shape index (κ2) is 5.56. The molecule has 0 heterocycles. The van der Waals surface area contributed by atoms with Gasteiger partial charge in [-0.1, -0.05) is 36.4 Å². The predicted molar refractivity (Wildman–Crippen MR) is 80.4 cm³/mol. The van der Waals surface area contributed by atoms with Crippen LogP contribution in [-0.2, 0) is 4.79 Å². The molecule has 2 aromatic rings. The van der Waals surface area contributed by atoms with Gasteiger partial charge in [0.15, 0.2) is 0 Å². The number of para-hydroxylation sites is 1. The molecule has 0 aromatic heterocycles. The van der Waals surface area contributed by atoms with E-state index in [4.69, 9.17) is 5.73 Å². The van der Waals surface area contributed by atoms with Gasteiger partial charge in [0, 0.05) is 0 Å². The van der Waals surface area contributed by atoms with Gasteiger partial charge in [0.1, 0.15) is 11.9 Å². The largest absolute Gasteiger partial charge is 0.368 e. The van der Waals surface area contributed by atoms with Crippen molar-refractivity contribution in [2.24, 2.45) is 5.73 Å². The van der Waals surface area contributed by atoms with Crippen molar-refractivity contribution >= 4 is 11.6 Å². The molecule has 1 saturated carbocycles. The molecule has 1 aliphatic rings. The highest BCUT2D eigenvalue weighted by Crippen LogP contribution is 2.40. The van der Waals surface area contributed by atoms with Crippen LogP contribution in [-0.4, -0.2) is 5.91 Å². The van der Waals surface area contributed by atoms with Crippen molar-refractivity contribution in [3.05, 3.63) is 65.5 Å². The third kappa shape index (κ3) is 3.05. The number of hydrogen-bond acceptors (Lipinski definition) is 2. The van der Waals surface area contributed by atoms with Gasteiger partial charge < -0.3 is 11.1 Å². The van der Waals surface area contributed by atoms with Crippen LogP contribution in [0.4, 0.5) is 10.1 Å². The molecule has 1 amide bonds. The molecule has 0 saturated heterocycles. The summed E-state index contributed by atoms with van der Waals surface area (Å²) in [6.07, 6.45) is 2.37. The normalized spacial score (nSPS) is 15.5. The first-order valence-corrected chi connectivity index (χ1v) is 7.05. The summed E-state index contributed by atoms with van der Waals surface area (Å²) in [6.45, 7) is 0. The van der Waals surface area contributed by atoms with Crippen molar-refractivity contribution in [1.82, 2.24) is 0 Å². The van der Waals surface area contributed by atoms with E-state index in [1.165, 1.54) is 24.5 Å². The topological polar surface area (TPSA) is 55.1 Å². The molecule has 1 unspecified atom stereocenters. The number of rotatable bonds is 5. The summed E-state index contributed by atoms with van der Waals surface area (Å²) in [7, 11) is 0. The van der Waals surface area contributed by atoms with Gasteiger partial charge in [-0.05, 0) is 42.0 Å². The van der Waals surface area contributed by atoms with Gasteiger partial charge in [-0.2, -0.15) is 0 Å². The Labute approximate surface area is 123 Å². The second-order valence-electron chi connectivity index (χ2n) is 5.40. The summed E-state index contributed by atoms with van der Waals surface area (Å²) < 4.78 is 13.7. The highest BCUT2D eigenvalue weighted by molar-refractivity contribution is 5.84. The van der Waals surface area contributed by atoms with Crippen LogP contribution in [0.3, 0.4) is 0 Å². The average Bonchev–Trinajstić information content (AvgIpc) is 3.31. The Kier molecular flexibility index (Phi) is 3.60. The molecule has 21 heavy (non-hydrogen) atoms. The van der Waals surface area contributed by atoms with Crippen molar-refractivity contribution in [2.45, 2.75) is 24.8 Å². The molecule has 0 bridgehead atoms. The van der Waals surface area contributed by atoms with E-state index < -0.39 is 17.8 Å². The maximum Gasteiger partial charge on any atom is 0.244 e. The fraction of sp³-hybridized carbons (Fsp3) is 0.235. The van der Waals surface area contributed by atoms with E-state index in [2.05, 4.69) is 11.4 Å². The first-order valence-electron chi connectivity index (χ1n) is 7.05. The first-order chi connectivity index (χ1) is 10.1. The number of nitrogens with two attached hydrogens (primary N) is 1. The minimum absolute atomic E-state index is 0.276. The van der Waals surface area contributed by atoms with Gasteiger partial charge in [-0.3, -0.25) is 4.79 Å². The summed E-state index contributed by atoms with van der Waals surface area (Å²) in [5, 5.41) is 2.90. The van der Waals surface area contributed by atoms with Gasteiger partial charge >= 0.3 is 0 Å². The van der Waals surface area contributed by atoms with Gasteiger partial charge in [-0.15, -0.1) is 0 Å². The lowest BCUT2D eigenvalue weighted by molar-refractivity contribution is -0.118. The van der Waals surface area contributed by atoms with E-state index in [0.29, 0.717) is 5.92 Å². The number of anilines is 1. The number of carbonyl (C=O) groups excluding carboxylic acids is 1. The molecule has 1 fully saturated rings. The van der Waals surface area contributed by atoms with Crippen LogP contribution in [0.15, 0.2) is 48.5 Å². The summed E-state index contributed by atoms with van der Waals surface area (Å²) >= 11 is 0. The second-order valence-corrected chi connectivity index (χ2v) is 5.40. The quantitative estimate of drug-likeness (QED) is 0.884. The summed E-state index contributed by atoms with van der Waals surface area (Å²) in [5.74, 6) is -0.333. The molecule has 3 rings (SSSR count). The summed E-state index contributed by atoms with van der Waals surface area (Å²) in [4.78, 5) is 11.7. The minimum atomic E-state index is -0.736. The van der Waals surface area contributed by atoms with Crippen LogP contribution >= 0.6 is 0 Å². The van der Waals surface area contributed by atoms with Gasteiger partial charge in [-0.25, -0.2) is 4.39 Å². The molecular weight excluding hydrogens is 267 g/mol. The monoisotopic (exact) mass is 284 g/mol. The molecule has 2 aromatic carbocycles. The Bertz CT molecular complexity index is 667. The third-order valence-corrected chi connectivity index (χ3v) is 3.75. The lowest BCUT2D eigenvalue weighted by atomic mass is 10.0. The molecule has 4 heteroatoms. The molecule has 0 radical (unpaired) electrons. The number of primary amides is 1. The van der Waals surface area contributed by atoms with Crippen molar-refractivity contribution in [1.29, 1.82) is 0 Å². The molecule has 1 aliphatic carbocycles. The molecule has 108 valence electrons. The average molecular weight is 284 g/mol. The Hall–Kier alpha value is -2.36. The Balaban J connectivity index is 1.89. The van der Waals surface area contributed by atoms with E-state index in [1.54, 1.807) is 18.2 Å². The molecule has 1 atom stereocenters. The third-order valence-electron chi connectivity index (χ3n) is 3.75. The molecule has 0 spiro atoms. The lowest BCUT2D eigenvalue weighted by Gasteiger charge is -2.18. The number of amides is 1. The van der Waals surface area contributed by atoms with E-state index in [1.807, 2.05) is 18.2 Å². The first kappa shape index (κ1) is 13.6. The molecule has 3 N–H and O–H groups in total. The van der Waals surface area contributed by atoms with Crippen LogP contribution in [0.25, 0.3) is 0 Å². The van der Waals surface area contributed by atoms with Gasteiger partial charge in [0.05, 0.1) is 5.69 Å². The Morgan fingerprint density at radius 2 is 1.95 bits per heavy atom. The number of halogens is 1. The van der Waals surface area contributed by atoms with Gasteiger partial charge in [0.2, 0.25) is 5.91 Å². The fourth-order valence-corrected chi connectivity index (χ4v) is 2.46. The highest BCUT2D eigenvalue weighted by Gasteiger charge is 2.25. The molecule has 3 nitrogen and oxygen atoms in total. The maximum absolute atomic E-state index is 13.7. The van der Waals surface area contributed by atoms with Crippen LogP contribution in [0, 0.1) is 5.82 Å². The van der Waals surface area contributed by atoms with Crippen molar-refractivity contribution in [3.63, 3.8) is 0 Å². The summed E-state index contributed by atoms with van der Waals surface area (Å²) in [5.41, 5.74) is 7.75. The highest BCUT2D eigenvalue weighted by atomic mass is 19.1. The predicted octanol–water partition coefficient (Wildman–Crippen LogP) is 3.34. The lowest BCUT2D eigenvalue weighted by Crippen LogP contribution is -2.28. The van der Waals surface area contributed by atoms with Crippen molar-refractivity contribution in [3.8, 4) is 0 Å². The SMILES string of the molecule is NC(=O)C(Nc1ccccc1F)c1cccc(C2CC2)c1. The smallest absolute Gasteiger partial charge is 0.244 e. The number of carbonyl (C=O) groups is 1. The van der Waals surface area contributed by atoms with E-state index in [0.717, 1.165) is 5.56 Å². The molecular formula is C17H17FN2O. The number of benzene rings is 2. The Morgan fingerprint density at radius 3 is 2.62 bits per heavy atom. The van der Waals surface area contributed by atoms with Crippen LogP contribution < -0.4 is 11.1 Å². The van der Waals surface area contributed by atoms with Crippen LogP contribution in [0.5, 0.6) is 0 Å². The Morgan fingerprint density at radius 1 is 1.19 bits per heavy atom. The zero-order valence-corrected chi connectivity index (χ0v) is 11.6. The minimum Gasteiger partial charge on any atom is -0.368 e. The zero-order chi connectivity index (χ0) is 14.8. The van der Waals surface area contributed by atoms with Crippen molar-refractivity contribution < 1.29 is 9.18 Å². The molecule has 0 aliphatic heterocycles. The van der Waals surface area contributed by atoms with Crippen molar-refractivity contribution in [2.75, 3.05) is 5.32 Å². The van der Waals surface area contributed by atoms with Gasteiger partial charge in [0.25, 0.3) is 0 Å². The van der Waals surface area contributed by atoms with E-state index >= 15 is 0 Å². The van der Waals surface area contributed by atoms with Crippen LogP contribution in [0.2, 0.25) is 0 Å². The van der Waals surface area contributed by atoms with E-state index in [9.17, 15) is 9.18 Å². The summed E-state index contributed by atoms with van der Waals surface area (Å²) in [6, 6.07) is 13.3. The maximum atomic E-state index is 13.7. The zero-order valence-electron chi connectivity index (χ0n) is 11.6. The van der Waals surface area contributed by atoms with E-state index in [-0.39, 0.29) is 5.69 Å².